The van der Waals surface area contributed by atoms with E-state index in [0.29, 0.717) is 30.3 Å². The fourth-order valence-electron chi connectivity index (χ4n) is 7.64. The molecule has 29 nitrogen and oxygen atoms in total. The molecule has 0 bridgehead atoms. The van der Waals surface area contributed by atoms with Gasteiger partial charge in [-0.2, -0.15) is 60.7 Å². The van der Waals surface area contributed by atoms with Crippen LogP contribution in [0.3, 0.4) is 0 Å². The van der Waals surface area contributed by atoms with Gasteiger partial charge in [-0.1, -0.05) is 52.0 Å². The van der Waals surface area contributed by atoms with Crippen molar-refractivity contribution >= 4 is 103 Å². The molecule has 0 amide bonds. The highest BCUT2D eigenvalue weighted by atomic mass is 32.2. The van der Waals surface area contributed by atoms with Crippen LogP contribution in [-0.4, -0.2) is 147 Å². The molecule has 0 aliphatic carbocycles. The maximum absolute atomic E-state index is 13.2. The van der Waals surface area contributed by atoms with Gasteiger partial charge in [0.25, 0.3) is 60.7 Å². The lowest BCUT2D eigenvalue weighted by Gasteiger charge is -2.37. The smallest absolute Gasteiger partial charge is 0.296 e. The maximum atomic E-state index is 13.2. The summed E-state index contributed by atoms with van der Waals surface area (Å²) in [4.78, 5) is -4.93. The Balaban J connectivity index is 1.46. The van der Waals surface area contributed by atoms with Gasteiger partial charge in [-0.05, 0) is 60.2 Å². The lowest BCUT2D eigenvalue weighted by molar-refractivity contribution is -0.0705. The van der Waals surface area contributed by atoms with Crippen molar-refractivity contribution in [2.45, 2.75) is 69.4 Å². The average molecular weight is 1140 g/mol. The summed E-state index contributed by atoms with van der Waals surface area (Å²) in [6.07, 6.45) is 1.59. The van der Waals surface area contributed by atoms with E-state index >= 15 is 0 Å². The minimum atomic E-state index is -5.27. The van der Waals surface area contributed by atoms with E-state index < -0.39 is 119 Å². The SMILES string of the molecule is CCN(CC)N1N=CN(Nc2cc(S(=O)(=O)O)ccc2S(=O)(=O)O)C1c1ccc(C=Cc2c(N)cc(C3N(Nc4cc(S(=O)(=O)O)ccc4S(=O)(=O)O)C=NN3N(CC)CC)cc2S(=O)(=O)O)c(S(=O)(=O)O)c1. The number of anilines is 3. The zero-order valence-electron chi connectivity index (χ0n) is 38.3. The first-order valence-electron chi connectivity index (χ1n) is 20.9. The standard InChI is InChI=1S/C38H47N11O18S6/c1-5-44(6-2)48-37(46(22-40-48)42-31-20-27(68(50,51)52)12-15-33(31)70(56,57)58)25-10-9-24(35(18-25)72(62,63)64)11-14-29-30(39)17-26(19-36(29)73(65,66)67)38-47(23-41-49(38)45(7-3)8-4)43-32-21-28(69(53,54)55)13-16-34(32)71(59,60)61/h9-23,37-38,42-43H,5-8,39H2,1-4H3,(H,50,51,52)(H,53,54,55)(H,56,57,58)(H,59,60,61)(H,62,63,64)(H,65,66,67). The van der Waals surface area contributed by atoms with Crippen molar-refractivity contribution in [2.75, 3.05) is 42.8 Å². The lowest BCUT2D eigenvalue weighted by Crippen LogP contribution is -2.44. The van der Waals surface area contributed by atoms with Gasteiger partial charge in [0.15, 0.2) is 12.3 Å². The molecule has 2 unspecified atom stereocenters. The van der Waals surface area contributed by atoms with E-state index in [-0.39, 0.29) is 48.6 Å². The number of nitrogens with one attached hydrogen (secondary N) is 2. The lowest BCUT2D eigenvalue weighted by atomic mass is 10.0. The van der Waals surface area contributed by atoms with E-state index in [1.165, 1.54) is 28.4 Å². The summed E-state index contributed by atoms with van der Waals surface area (Å²) in [6, 6.07) is 9.87. The summed E-state index contributed by atoms with van der Waals surface area (Å²) in [7, 11) is -30.5. The van der Waals surface area contributed by atoms with Crippen LogP contribution in [0.4, 0.5) is 17.1 Å². The number of nitrogens with zero attached hydrogens (tertiary/aromatic N) is 8. The minimum Gasteiger partial charge on any atom is -0.398 e. The molecule has 35 heteroatoms. The number of nitrogen functional groups attached to an aromatic ring is 1. The van der Waals surface area contributed by atoms with Crippen molar-refractivity contribution < 1.29 is 77.8 Å². The zero-order valence-corrected chi connectivity index (χ0v) is 43.2. The predicted molar refractivity (Wildman–Crippen MR) is 261 cm³/mol. The zero-order chi connectivity index (χ0) is 54.4. The third-order valence-electron chi connectivity index (χ3n) is 11.0. The molecule has 0 saturated carbocycles. The van der Waals surface area contributed by atoms with Crippen LogP contribution in [0, 0.1) is 0 Å². The Morgan fingerprint density at radius 3 is 1.29 bits per heavy atom. The van der Waals surface area contributed by atoms with E-state index in [1.807, 2.05) is 0 Å². The summed E-state index contributed by atoms with van der Waals surface area (Å²) in [5.74, 6) is 0. The topological polar surface area (TPSA) is 420 Å². The molecule has 4 aromatic rings. The first-order valence-corrected chi connectivity index (χ1v) is 29.5. The number of hydrazine groups is 4. The van der Waals surface area contributed by atoms with Gasteiger partial charge >= 0.3 is 0 Å². The van der Waals surface area contributed by atoms with E-state index in [4.69, 9.17) is 5.73 Å². The second-order valence-electron chi connectivity index (χ2n) is 15.5. The highest BCUT2D eigenvalue weighted by Crippen LogP contribution is 2.39. The van der Waals surface area contributed by atoms with Crippen molar-refractivity contribution in [1.82, 2.24) is 30.3 Å². The van der Waals surface area contributed by atoms with Crippen molar-refractivity contribution in [2.24, 2.45) is 10.2 Å². The van der Waals surface area contributed by atoms with E-state index in [1.54, 1.807) is 37.7 Å². The van der Waals surface area contributed by atoms with E-state index in [2.05, 4.69) is 21.1 Å². The van der Waals surface area contributed by atoms with Crippen LogP contribution in [0.25, 0.3) is 12.2 Å². The first kappa shape index (κ1) is 56.2. The van der Waals surface area contributed by atoms with Crippen molar-refractivity contribution in [3.05, 3.63) is 89.0 Å². The van der Waals surface area contributed by atoms with Crippen LogP contribution >= 0.6 is 0 Å². The van der Waals surface area contributed by atoms with Crippen LogP contribution in [-0.2, 0) is 60.7 Å². The van der Waals surface area contributed by atoms with Gasteiger partial charge in [0.2, 0.25) is 0 Å². The Hall–Kier alpha value is -6.06. The van der Waals surface area contributed by atoms with Crippen molar-refractivity contribution in [1.29, 1.82) is 0 Å². The quantitative estimate of drug-likeness (QED) is 0.0349. The Labute approximate surface area is 419 Å². The first-order chi connectivity index (χ1) is 33.7. The number of nitrogens with two attached hydrogens (primary N) is 1. The molecule has 2 aliphatic rings. The van der Waals surface area contributed by atoms with Gasteiger partial charge in [0, 0.05) is 48.6 Å². The van der Waals surface area contributed by atoms with E-state index in [9.17, 15) is 77.8 Å². The van der Waals surface area contributed by atoms with Crippen molar-refractivity contribution in [3.8, 4) is 0 Å². The Kier molecular flexibility index (Phi) is 15.9. The highest BCUT2D eigenvalue weighted by Gasteiger charge is 2.38. The summed E-state index contributed by atoms with van der Waals surface area (Å²) >= 11 is 0. The summed E-state index contributed by atoms with van der Waals surface area (Å²) in [5, 5.41) is 16.7. The van der Waals surface area contributed by atoms with Gasteiger partial charge < -0.3 is 5.73 Å². The molecule has 0 aromatic heterocycles. The maximum Gasteiger partial charge on any atom is 0.296 e. The fraction of sp³-hybridized carbons (Fsp3) is 0.263. The van der Waals surface area contributed by atoms with Crippen LogP contribution in [0.1, 0.15) is 62.3 Å². The Bertz CT molecular complexity index is 3610. The normalized spacial score (nSPS) is 17.0. The molecule has 0 fully saturated rings. The molecule has 398 valence electrons. The Morgan fingerprint density at radius 1 is 0.507 bits per heavy atom. The van der Waals surface area contributed by atoms with Crippen LogP contribution in [0.5, 0.6) is 0 Å². The molecule has 2 atom stereocenters. The predicted octanol–water partition coefficient (Wildman–Crippen LogP) is 2.61. The van der Waals surface area contributed by atoms with Gasteiger partial charge in [-0.25, -0.2) is 20.0 Å². The highest BCUT2D eigenvalue weighted by molar-refractivity contribution is 7.87. The van der Waals surface area contributed by atoms with E-state index in [0.717, 1.165) is 53.0 Å². The minimum absolute atomic E-state index is 0.00614. The van der Waals surface area contributed by atoms with Gasteiger partial charge in [0.1, 0.15) is 32.3 Å². The molecule has 4 aromatic carbocycles. The molecule has 0 saturated heterocycles. The monoisotopic (exact) mass is 1140 g/mol. The number of hydrogen-bond donors (Lipinski definition) is 9. The van der Waals surface area contributed by atoms with Gasteiger partial charge in [-0.15, -0.1) is 10.2 Å². The third-order valence-corrected chi connectivity index (χ3v) is 16.3. The largest absolute Gasteiger partial charge is 0.398 e. The molecule has 2 aliphatic heterocycles. The third kappa shape index (κ3) is 12.3. The molecule has 2 heterocycles. The van der Waals surface area contributed by atoms with Crippen LogP contribution in [0.2, 0.25) is 0 Å². The molecule has 6 rings (SSSR count). The summed E-state index contributed by atoms with van der Waals surface area (Å²) in [5.41, 5.74) is 9.36. The van der Waals surface area contributed by atoms with Gasteiger partial charge in [0.05, 0.1) is 21.2 Å². The number of benzene rings is 4. The number of hydrazone groups is 2. The Morgan fingerprint density at radius 2 is 0.904 bits per heavy atom. The second kappa shape index (κ2) is 20.7. The average Bonchev–Trinajstić information content (AvgIpc) is 3.88. The molecule has 10 N–H and O–H groups in total. The fourth-order valence-corrected chi connectivity index (χ4v) is 11.4. The number of hydrogen-bond acceptors (Lipinski definition) is 23. The van der Waals surface area contributed by atoms with Crippen LogP contribution in [0.15, 0.2) is 106 Å². The summed E-state index contributed by atoms with van der Waals surface area (Å²) < 4.78 is 211. The number of rotatable bonds is 20. The van der Waals surface area contributed by atoms with Crippen molar-refractivity contribution in [3.63, 3.8) is 0 Å². The molecule has 73 heavy (non-hydrogen) atoms. The molecule has 0 radical (unpaired) electrons. The van der Waals surface area contributed by atoms with Crippen LogP contribution < -0.4 is 16.6 Å². The summed E-state index contributed by atoms with van der Waals surface area (Å²) in [6.45, 7) is 8.02. The molecular formula is C38H47N11O18S6. The molecule has 0 spiro atoms. The molecular weight excluding hydrogens is 1090 g/mol. The second-order valence-corrected chi connectivity index (χ2v) is 23.9. The van der Waals surface area contributed by atoms with Gasteiger partial charge in [-0.3, -0.25) is 38.2 Å².